The van der Waals surface area contributed by atoms with E-state index in [0.29, 0.717) is 0 Å². The Balaban J connectivity index is 2.63. The summed E-state index contributed by atoms with van der Waals surface area (Å²) in [6.07, 6.45) is 6.01. The summed E-state index contributed by atoms with van der Waals surface area (Å²) in [6.45, 7) is 1.63. The first kappa shape index (κ1) is 8.47. The lowest BCUT2D eigenvalue weighted by Crippen LogP contribution is -2.28. The lowest BCUT2D eigenvalue weighted by atomic mass is 9.89. The second kappa shape index (κ2) is 3.67. The maximum atomic E-state index is 11.1. The van der Waals surface area contributed by atoms with Gasteiger partial charge in [0.05, 0.1) is 6.10 Å². The predicted octanol–water partition coefficient (Wildman–Crippen LogP) is 1.56. The average molecular weight is 154 g/mol. The highest BCUT2D eigenvalue weighted by Crippen LogP contribution is 2.21. The van der Waals surface area contributed by atoms with Crippen LogP contribution in [0, 0.1) is 5.92 Å². The molecular weight excluding hydrogens is 140 g/mol. The molecule has 1 aliphatic carbocycles. The third-order valence-corrected chi connectivity index (χ3v) is 2.16. The lowest BCUT2D eigenvalue weighted by Gasteiger charge is -2.23. The van der Waals surface area contributed by atoms with E-state index in [9.17, 15) is 4.79 Å². The molecular formula is C9H14O2. The van der Waals surface area contributed by atoms with Gasteiger partial charge in [0.25, 0.3) is 0 Å². The molecule has 0 aromatic heterocycles. The fourth-order valence-corrected chi connectivity index (χ4v) is 1.48. The zero-order valence-corrected chi connectivity index (χ0v) is 7.04. The van der Waals surface area contributed by atoms with Gasteiger partial charge in [0, 0.05) is 13.0 Å². The van der Waals surface area contributed by atoms with Crippen LogP contribution in [0.1, 0.15) is 19.8 Å². The van der Waals surface area contributed by atoms with Crippen LogP contribution in [-0.2, 0) is 9.53 Å². The molecule has 0 saturated heterocycles. The van der Waals surface area contributed by atoms with Crippen molar-refractivity contribution < 1.29 is 9.53 Å². The van der Waals surface area contributed by atoms with Gasteiger partial charge in [-0.25, -0.2) is 0 Å². The van der Waals surface area contributed by atoms with Gasteiger partial charge in [-0.3, -0.25) is 4.79 Å². The minimum Gasteiger partial charge on any atom is -0.377 e. The van der Waals surface area contributed by atoms with E-state index in [1.54, 1.807) is 14.0 Å². The van der Waals surface area contributed by atoms with Crippen molar-refractivity contribution in [2.45, 2.75) is 25.9 Å². The molecule has 1 rings (SSSR count). The van der Waals surface area contributed by atoms with Crippen LogP contribution in [0.4, 0.5) is 0 Å². The fraction of sp³-hybridized carbons (Fsp3) is 0.667. The molecule has 0 spiro atoms. The zero-order valence-electron chi connectivity index (χ0n) is 7.04. The van der Waals surface area contributed by atoms with Crippen LogP contribution in [0.2, 0.25) is 0 Å². The Morgan fingerprint density at radius 1 is 1.64 bits per heavy atom. The molecule has 0 fully saturated rings. The summed E-state index contributed by atoms with van der Waals surface area (Å²) >= 11 is 0. The second-order valence-electron chi connectivity index (χ2n) is 2.92. The van der Waals surface area contributed by atoms with Crippen LogP contribution in [0.25, 0.3) is 0 Å². The monoisotopic (exact) mass is 154 g/mol. The molecule has 0 heterocycles. The van der Waals surface area contributed by atoms with Crippen molar-refractivity contribution in [2.24, 2.45) is 5.92 Å². The normalized spacial score (nSPS) is 30.4. The summed E-state index contributed by atoms with van der Waals surface area (Å²) in [5.74, 6) is 0.325. The molecule has 2 atom stereocenters. The van der Waals surface area contributed by atoms with Gasteiger partial charge >= 0.3 is 0 Å². The van der Waals surface area contributed by atoms with Crippen molar-refractivity contribution in [3.8, 4) is 0 Å². The largest absolute Gasteiger partial charge is 0.377 e. The molecule has 2 heteroatoms. The maximum absolute atomic E-state index is 11.1. The maximum Gasteiger partial charge on any atom is 0.135 e. The minimum atomic E-state index is 0.0150. The molecule has 2 unspecified atom stereocenters. The lowest BCUT2D eigenvalue weighted by molar-refractivity contribution is -0.124. The third-order valence-electron chi connectivity index (χ3n) is 2.16. The summed E-state index contributed by atoms with van der Waals surface area (Å²) < 4.78 is 5.16. The van der Waals surface area contributed by atoms with Crippen molar-refractivity contribution in [1.82, 2.24) is 0 Å². The van der Waals surface area contributed by atoms with Gasteiger partial charge in [0.15, 0.2) is 0 Å². The first-order valence-corrected chi connectivity index (χ1v) is 3.95. The van der Waals surface area contributed by atoms with Crippen LogP contribution < -0.4 is 0 Å². The van der Waals surface area contributed by atoms with E-state index in [1.807, 2.05) is 6.08 Å². The van der Waals surface area contributed by atoms with Crippen LogP contribution >= 0.6 is 0 Å². The fourth-order valence-electron chi connectivity index (χ4n) is 1.48. The van der Waals surface area contributed by atoms with Crippen LogP contribution in [0.5, 0.6) is 0 Å². The molecule has 0 bridgehead atoms. The van der Waals surface area contributed by atoms with Crippen molar-refractivity contribution in [1.29, 1.82) is 0 Å². The van der Waals surface area contributed by atoms with Gasteiger partial charge in [-0.05, 0) is 19.8 Å². The number of allylic oxidation sites excluding steroid dienone is 1. The summed E-state index contributed by atoms with van der Waals surface area (Å²) in [7, 11) is 1.65. The molecule has 0 aliphatic heterocycles. The number of Topliss-reactive ketones (excluding diaryl/α,β-unsaturated/α-hetero) is 1. The number of rotatable bonds is 2. The first-order chi connectivity index (χ1) is 5.25. The number of hydrogen-bond donors (Lipinski definition) is 0. The third kappa shape index (κ3) is 1.90. The molecule has 0 aromatic carbocycles. The predicted molar refractivity (Wildman–Crippen MR) is 43.3 cm³/mol. The Hall–Kier alpha value is -0.630. The van der Waals surface area contributed by atoms with Gasteiger partial charge in [0.2, 0.25) is 0 Å². The van der Waals surface area contributed by atoms with Gasteiger partial charge in [-0.15, -0.1) is 0 Å². The summed E-state index contributed by atoms with van der Waals surface area (Å²) in [4.78, 5) is 11.1. The number of ether oxygens (including phenoxy) is 1. The van der Waals surface area contributed by atoms with E-state index in [1.165, 1.54) is 0 Å². The van der Waals surface area contributed by atoms with E-state index < -0.39 is 0 Å². The van der Waals surface area contributed by atoms with E-state index in [4.69, 9.17) is 4.74 Å². The second-order valence-corrected chi connectivity index (χ2v) is 2.92. The zero-order chi connectivity index (χ0) is 8.27. The molecule has 11 heavy (non-hydrogen) atoms. The molecule has 2 nitrogen and oxygen atoms in total. The van der Waals surface area contributed by atoms with E-state index in [0.717, 1.165) is 12.8 Å². The Kier molecular flexibility index (Phi) is 2.83. The Morgan fingerprint density at radius 2 is 2.36 bits per heavy atom. The summed E-state index contributed by atoms with van der Waals surface area (Å²) in [5, 5.41) is 0. The topological polar surface area (TPSA) is 26.3 Å². The van der Waals surface area contributed by atoms with E-state index >= 15 is 0 Å². The van der Waals surface area contributed by atoms with Crippen molar-refractivity contribution in [3.63, 3.8) is 0 Å². The number of ketones is 1. The quantitative estimate of drug-likeness (QED) is 0.564. The Bertz CT molecular complexity index is 172. The van der Waals surface area contributed by atoms with Crippen molar-refractivity contribution >= 4 is 5.78 Å². The SMILES string of the molecule is COC1C=CCCC1C(C)=O. The molecule has 0 radical (unpaired) electrons. The van der Waals surface area contributed by atoms with Gasteiger partial charge in [-0.1, -0.05) is 12.2 Å². The standard InChI is InChI=1S/C9H14O2/c1-7(10)8-5-3-4-6-9(8)11-2/h4,6,8-9H,3,5H2,1-2H3. The summed E-state index contributed by atoms with van der Waals surface area (Å²) in [6, 6.07) is 0. The first-order valence-electron chi connectivity index (χ1n) is 3.95. The minimum absolute atomic E-state index is 0.0150. The van der Waals surface area contributed by atoms with Crippen molar-refractivity contribution in [3.05, 3.63) is 12.2 Å². The van der Waals surface area contributed by atoms with E-state index in [-0.39, 0.29) is 17.8 Å². The highest BCUT2D eigenvalue weighted by molar-refractivity contribution is 5.79. The Morgan fingerprint density at radius 3 is 2.82 bits per heavy atom. The van der Waals surface area contributed by atoms with Gasteiger partial charge < -0.3 is 4.74 Å². The Labute approximate surface area is 67.2 Å². The van der Waals surface area contributed by atoms with Crippen LogP contribution in [-0.4, -0.2) is 19.0 Å². The highest BCUT2D eigenvalue weighted by atomic mass is 16.5. The molecule has 0 N–H and O–H groups in total. The van der Waals surface area contributed by atoms with E-state index in [2.05, 4.69) is 6.08 Å². The number of carbonyl (C=O) groups is 1. The summed E-state index contributed by atoms with van der Waals surface area (Å²) in [5.41, 5.74) is 0. The number of hydrogen-bond acceptors (Lipinski definition) is 2. The molecule has 62 valence electrons. The molecule has 0 aromatic rings. The number of carbonyl (C=O) groups excluding carboxylic acids is 1. The van der Waals surface area contributed by atoms with Crippen LogP contribution in [0.15, 0.2) is 12.2 Å². The smallest absolute Gasteiger partial charge is 0.135 e. The van der Waals surface area contributed by atoms with Crippen molar-refractivity contribution in [2.75, 3.05) is 7.11 Å². The van der Waals surface area contributed by atoms with Gasteiger partial charge in [0.1, 0.15) is 5.78 Å². The molecule has 1 aliphatic rings. The average Bonchev–Trinajstić information content (AvgIpc) is 2.04. The number of methoxy groups -OCH3 is 1. The molecule has 0 saturated carbocycles. The molecule has 0 amide bonds. The highest BCUT2D eigenvalue weighted by Gasteiger charge is 2.24. The van der Waals surface area contributed by atoms with Gasteiger partial charge in [-0.2, -0.15) is 0 Å². The van der Waals surface area contributed by atoms with Crippen LogP contribution in [0.3, 0.4) is 0 Å².